The van der Waals surface area contributed by atoms with Crippen molar-refractivity contribution >= 4 is 38.8 Å². The Labute approximate surface area is 163 Å². The number of anilines is 1. The first-order valence-electron chi connectivity index (χ1n) is 8.46. The zero-order valence-corrected chi connectivity index (χ0v) is 15.9. The molecule has 0 spiro atoms. The van der Waals surface area contributed by atoms with Gasteiger partial charge in [0, 0.05) is 23.6 Å². The molecule has 138 valence electrons. The normalized spacial score (nSPS) is 14.5. The van der Waals surface area contributed by atoms with Crippen LogP contribution in [0.5, 0.6) is 0 Å². The van der Waals surface area contributed by atoms with Crippen molar-refractivity contribution in [3.05, 3.63) is 62.7 Å². The summed E-state index contributed by atoms with van der Waals surface area (Å²) in [4.78, 5) is 25.8. The van der Waals surface area contributed by atoms with E-state index in [9.17, 15) is 14.7 Å². The van der Waals surface area contributed by atoms with Crippen molar-refractivity contribution < 1.29 is 19.1 Å². The van der Waals surface area contributed by atoms with Crippen LogP contribution in [0, 0.1) is 0 Å². The Morgan fingerprint density at radius 3 is 2.56 bits per heavy atom. The third kappa shape index (κ3) is 3.61. The number of carboxylic acid groups (broad SMARTS) is 1. The molecule has 0 aliphatic carbocycles. The molecule has 6 nitrogen and oxygen atoms in total. The summed E-state index contributed by atoms with van der Waals surface area (Å²) in [6.45, 7) is 2.53. The number of benzene rings is 2. The second kappa shape index (κ2) is 7.17. The van der Waals surface area contributed by atoms with Gasteiger partial charge in [0.15, 0.2) is 11.3 Å². The fourth-order valence-corrected chi connectivity index (χ4v) is 3.63. The lowest BCUT2D eigenvalue weighted by molar-refractivity contribution is 0.0697. The number of hydrogen-bond donors (Lipinski definition) is 1. The minimum atomic E-state index is -1.00. The number of morpholine rings is 1. The Balaban J connectivity index is 1.81. The second-order valence-corrected chi connectivity index (χ2v) is 7.21. The molecular weight excluding hydrogens is 414 g/mol. The monoisotopic (exact) mass is 429 g/mol. The average molecular weight is 430 g/mol. The fraction of sp³-hybridized carbons (Fsp3) is 0.200. The van der Waals surface area contributed by atoms with Gasteiger partial charge in [-0.3, -0.25) is 4.79 Å². The molecule has 1 aromatic heterocycles. The van der Waals surface area contributed by atoms with Crippen molar-refractivity contribution in [2.24, 2.45) is 0 Å². The van der Waals surface area contributed by atoms with Gasteiger partial charge in [0.1, 0.15) is 5.58 Å². The van der Waals surface area contributed by atoms with E-state index in [2.05, 4.69) is 15.9 Å². The maximum absolute atomic E-state index is 12.5. The molecule has 0 atom stereocenters. The van der Waals surface area contributed by atoms with E-state index in [1.165, 1.54) is 6.07 Å². The summed E-state index contributed by atoms with van der Waals surface area (Å²) in [5.41, 5.74) is 2.04. The van der Waals surface area contributed by atoms with Crippen LogP contribution < -0.4 is 10.3 Å². The standard InChI is InChI=1S/C20H16BrNO5/c21-15-8-13(7-14(9-15)20(24)25)12-1-2-16-17(23)11-19(27-18(16)10-12)22-3-5-26-6-4-22/h1-2,7-11H,3-6H2,(H,24,25). The predicted molar refractivity (Wildman–Crippen MR) is 106 cm³/mol. The highest BCUT2D eigenvalue weighted by Crippen LogP contribution is 2.29. The minimum absolute atomic E-state index is 0.107. The van der Waals surface area contributed by atoms with Gasteiger partial charge in [-0.05, 0) is 41.5 Å². The fourth-order valence-electron chi connectivity index (χ4n) is 3.14. The summed E-state index contributed by atoms with van der Waals surface area (Å²) in [6, 6.07) is 11.8. The maximum Gasteiger partial charge on any atom is 0.335 e. The molecule has 0 radical (unpaired) electrons. The van der Waals surface area contributed by atoms with Gasteiger partial charge in [-0.25, -0.2) is 4.79 Å². The van der Waals surface area contributed by atoms with Crippen LogP contribution in [0.2, 0.25) is 0 Å². The highest BCUT2D eigenvalue weighted by Gasteiger charge is 2.16. The summed E-state index contributed by atoms with van der Waals surface area (Å²) < 4.78 is 12.0. The molecule has 2 aromatic carbocycles. The number of nitrogens with zero attached hydrogens (tertiary/aromatic N) is 1. The largest absolute Gasteiger partial charge is 0.478 e. The zero-order valence-electron chi connectivity index (χ0n) is 14.3. The van der Waals surface area contributed by atoms with E-state index in [-0.39, 0.29) is 11.0 Å². The molecule has 0 bridgehead atoms. The van der Waals surface area contributed by atoms with Crippen molar-refractivity contribution in [1.82, 2.24) is 0 Å². The third-order valence-corrected chi connectivity index (χ3v) is 4.97. The molecule has 1 aliphatic heterocycles. The first kappa shape index (κ1) is 17.8. The molecule has 0 saturated carbocycles. The Bertz CT molecular complexity index is 1090. The lowest BCUT2D eigenvalue weighted by Gasteiger charge is -2.27. The topological polar surface area (TPSA) is 80.0 Å². The molecule has 1 N–H and O–H groups in total. The lowest BCUT2D eigenvalue weighted by Crippen LogP contribution is -2.36. The SMILES string of the molecule is O=C(O)c1cc(Br)cc(-c2ccc3c(=O)cc(N4CCOCC4)oc3c2)c1. The van der Waals surface area contributed by atoms with Gasteiger partial charge in [-0.1, -0.05) is 22.0 Å². The highest BCUT2D eigenvalue weighted by atomic mass is 79.9. The van der Waals surface area contributed by atoms with Crippen molar-refractivity contribution in [3.8, 4) is 11.1 Å². The Hall–Kier alpha value is -2.64. The van der Waals surface area contributed by atoms with E-state index in [1.54, 1.807) is 30.3 Å². The van der Waals surface area contributed by atoms with E-state index < -0.39 is 5.97 Å². The van der Waals surface area contributed by atoms with Crippen LogP contribution in [0.1, 0.15) is 10.4 Å². The molecule has 1 saturated heterocycles. The number of halogens is 1. The Morgan fingerprint density at radius 1 is 1.04 bits per heavy atom. The molecular formula is C20H16BrNO5. The van der Waals surface area contributed by atoms with Crippen molar-refractivity contribution in [1.29, 1.82) is 0 Å². The molecule has 0 unspecified atom stereocenters. The number of carbonyl (C=O) groups is 1. The number of carboxylic acids is 1. The van der Waals surface area contributed by atoms with Crippen LogP contribution in [0.15, 0.2) is 56.1 Å². The Morgan fingerprint density at radius 2 is 1.81 bits per heavy atom. The molecule has 27 heavy (non-hydrogen) atoms. The van der Waals surface area contributed by atoms with Crippen molar-refractivity contribution in [3.63, 3.8) is 0 Å². The van der Waals surface area contributed by atoms with Gasteiger partial charge in [-0.15, -0.1) is 0 Å². The molecule has 3 aromatic rings. The van der Waals surface area contributed by atoms with Crippen LogP contribution in [-0.2, 0) is 4.74 Å². The van der Waals surface area contributed by atoms with E-state index >= 15 is 0 Å². The molecule has 1 fully saturated rings. The molecule has 0 amide bonds. The van der Waals surface area contributed by atoms with Crippen LogP contribution in [-0.4, -0.2) is 37.4 Å². The molecule has 2 heterocycles. The summed E-state index contributed by atoms with van der Waals surface area (Å²) in [5.74, 6) is -0.479. The number of fused-ring (bicyclic) bond motifs is 1. The van der Waals surface area contributed by atoms with Gasteiger partial charge in [0.05, 0.1) is 24.2 Å². The molecule has 7 heteroatoms. The molecule has 4 rings (SSSR count). The average Bonchev–Trinajstić information content (AvgIpc) is 2.67. The van der Waals surface area contributed by atoms with Gasteiger partial charge < -0.3 is 19.2 Å². The highest BCUT2D eigenvalue weighted by molar-refractivity contribution is 9.10. The minimum Gasteiger partial charge on any atom is -0.478 e. The van der Waals surface area contributed by atoms with Crippen LogP contribution in [0.4, 0.5) is 5.88 Å². The van der Waals surface area contributed by atoms with E-state index in [0.717, 1.165) is 11.1 Å². The zero-order chi connectivity index (χ0) is 19.0. The first-order valence-corrected chi connectivity index (χ1v) is 9.25. The van der Waals surface area contributed by atoms with Crippen LogP contribution >= 0.6 is 15.9 Å². The van der Waals surface area contributed by atoms with Crippen LogP contribution in [0.25, 0.3) is 22.1 Å². The second-order valence-electron chi connectivity index (χ2n) is 6.29. The van der Waals surface area contributed by atoms with Crippen molar-refractivity contribution in [2.75, 3.05) is 31.2 Å². The van der Waals surface area contributed by atoms with Gasteiger partial charge in [0.25, 0.3) is 0 Å². The van der Waals surface area contributed by atoms with Gasteiger partial charge >= 0.3 is 5.97 Å². The van der Waals surface area contributed by atoms with Gasteiger partial charge in [0.2, 0.25) is 0 Å². The smallest absolute Gasteiger partial charge is 0.335 e. The number of hydrogen-bond acceptors (Lipinski definition) is 5. The summed E-state index contributed by atoms with van der Waals surface area (Å²) in [5, 5.41) is 9.76. The lowest BCUT2D eigenvalue weighted by atomic mass is 10.0. The predicted octanol–water partition coefficient (Wildman–Crippen LogP) is 3.76. The van der Waals surface area contributed by atoms with Crippen LogP contribution in [0.3, 0.4) is 0 Å². The summed E-state index contributed by atoms with van der Waals surface area (Å²) in [6.07, 6.45) is 0. The Kier molecular flexibility index (Phi) is 4.72. The van der Waals surface area contributed by atoms with E-state index in [4.69, 9.17) is 9.15 Å². The number of aromatic carboxylic acids is 1. The first-order chi connectivity index (χ1) is 13.0. The quantitative estimate of drug-likeness (QED) is 0.682. The number of rotatable bonds is 3. The third-order valence-electron chi connectivity index (χ3n) is 4.52. The summed E-state index contributed by atoms with van der Waals surface area (Å²) >= 11 is 3.35. The van der Waals surface area contributed by atoms with Crippen molar-refractivity contribution in [2.45, 2.75) is 0 Å². The van der Waals surface area contributed by atoms with E-state index in [1.807, 2.05) is 11.0 Å². The van der Waals surface area contributed by atoms with Gasteiger partial charge in [-0.2, -0.15) is 0 Å². The maximum atomic E-state index is 12.5. The number of ether oxygens (including phenoxy) is 1. The van der Waals surface area contributed by atoms with E-state index in [0.29, 0.717) is 47.6 Å². The molecule has 1 aliphatic rings. The summed E-state index contributed by atoms with van der Waals surface area (Å²) in [7, 11) is 0.